The lowest BCUT2D eigenvalue weighted by atomic mass is 10.2. The first-order valence-corrected chi connectivity index (χ1v) is 7.87. The summed E-state index contributed by atoms with van der Waals surface area (Å²) in [6.07, 6.45) is 0. The van der Waals surface area contributed by atoms with Crippen LogP contribution in [0.5, 0.6) is 0 Å². The van der Waals surface area contributed by atoms with E-state index < -0.39 is 10.0 Å². The Labute approximate surface area is 124 Å². The van der Waals surface area contributed by atoms with Gasteiger partial charge in [-0.1, -0.05) is 36.4 Å². The fraction of sp³-hybridized carbons (Fsp3) is 0.133. The molecule has 0 aromatic heterocycles. The highest BCUT2D eigenvalue weighted by Crippen LogP contribution is 2.11. The van der Waals surface area contributed by atoms with Crippen LogP contribution >= 0.6 is 0 Å². The molecule has 2 aromatic carbocycles. The van der Waals surface area contributed by atoms with Gasteiger partial charge >= 0.3 is 0 Å². The second kappa shape index (κ2) is 6.51. The molecule has 110 valence electrons. The van der Waals surface area contributed by atoms with Crippen LogP contribution in [0, 0.1) is 0 Å². The van der Waals surface area contributed by atoms with Crippen LogP contribution in [0.3, 0.4) is 0 Å². The van der Waals surface area contributed by atoms with Crippen molar-refractivity contribution in [1.82, 2.24) is 10.0 Å². The van der Waals surface area contributed by atoms with Crippen LogP contribution < -0.4 is 10.0 Å². The number of carbonyl (C=O) groups excluding carboxylic acids is 1. The molecule has 0 atom stereocenters. The van der Waals surface area contributed by atoms with Crippen molar-refractivity contribution >= 4 is 15.9 Å². The zero-order valence-corrected chi connectivity index (χ0v) is 12.4. The van der Waals surface area contributed by atoms with E-state index in [0.717, 1.165) is 5.56 Å². The van der Waals surface area contributed by atoms with E-state index in [2.05, 4.69) is 10.0 Å². The molecule has 0 unspecified atom stereocenters. The fourth-order valence-electron chi connectivity index (χ4n) is 1.80. The van der Waals surface area contributed by atoms with Crippen LogP contribution in [-0.2, 0) is 16.6 Å². The topological polar surface area (TPSA) is 75.3 Å². The average Bonchev–Trinajstić information content (AvgIpc) is 2.53. The van der Waals surface area contributed by atoms with Crippen LogP contribution in [0.4, 0.5) is 0 Å². The smallest absolute Gasteiger partial charge is 0.251 e. The first-order chi connectivity index (χ1) is 10.0. The van der Waals surface area contributed by atoms with E-state index in [4.69, 9.17) is 0 Å². The Hall–Kier alpha value is -2.18. The van der Waals surface area contributed by atoms with Crippen molar-refractivity contribution in [3.63, 3.8) is 0 Å². The predicted octanol–water partition coefficient (Wildman–Crippen LogP) is 1.52. The van der Waals surface area contributed by atoms with E-state index in [-0.39, 0.29) is 10.8 Å². The largest absolute Gasteiger partial charge is 0.348 e. The van der Waals surface area contributed by atoms with Crippen LogP contribution in [0.2, 0.25) is 0 Å². The van der Waals surface area contributed by atoms with Crippen molar-refractivity contribution in [3.05, 3.63) is 65.7 Å². The summed E-state index contributed by atoms with van der Waals surface area (Å²) in [5.74, 6) is -0.313. The molecule has 0 aliphatic carbocycles. The summed E-state index contributed by atoms with van der Waals surface area (Å²) < 4.78 is 25.6. The van der Waals surface area contributed by atoms with E-state index in [1.807, 2.05) is 30.3 Å². The zero-order chi connectivity index (χ0) is 15.3. The monoisotopic (exact) mass is 304 g/mol. The number of benzene rings is 2. The summed E-state index contributed by atoms with van der Waals surface area (Å²) in [5.41, 5.74) is 1.28. The van der Waals surface area contributed by atoms with E-state index in [9.17, 15) is 13.2 Å². The molecule has 1 amide bonds. The molecule has 0 aliphatic heterocycles. The molecule has 21 heavy (non-hydrogen) atoms. The first kappa shape index (κ1) is 15.2. The molecular formula is C15H16N2O3S. The third kappa shape index (κ3) is 3.90. The van der Waals surface area contributed by atoms with Gasteiger partial charge in [-0.2, -0.15) is 0 Å². The lowest BCUT2D eigenvalue weighted by Gasteiger charge is -2.07. The maximum atomic E-state index is 12.1. The molecule has 2 aromatic rings. The van der Waals surface area contributed by atoms with E-state index in [0.29, 0.717) is 12.1 Å². The normalized spacial score (nSPS) is 11.1. The highest BCUT2D eigenvalue weighted by molar-refractivity contribution is 7.89. The molecule has 0 fully saturated rings. The Bertz CT molecular complexity index is 728. The second-order valence-corrected chi connectivity index (χ2v) is 6.29. The van der Waals surface area contributed by atoms with Crippen molar-refractivity contribution in [3.8, 4) is 0 Å². The molecule has 0 saturated heterocycles. The zero-order valence-electron chi connectivity index (χ0n) is 11.5. The number of hydrogen-bond donors (Lipinski definition) is 2. The van der Waals surface area contributed by atoms with Gasteiger partial charge in [0.2, 0.25) is 10.0 Å². The first-order valence-electron chi connectivity index (χ1n) is 6.38. The van der Waals surface area contributed by atoms with Crippen LogP contribution in [0.25, 0.3) is 0 Å². The number of hydrogen-bond acceptors (Lipinski definition) is 3. The molecule has 0 heterocycles. The number of rotatable bonds is 5. The van der Waals surface area contributed by atoms with Crippen LogP contribution in [0.1, 0.15) is 15.9 Å². The van der Waals surface area contributed by atoms with Gasteiger partial charge in [0.1, 0.15) is 0 Å². The Balaban J connectivity index is 2.11. The van der Waals surface area contributed by atoms with Crippen molar-refractivity contribution in [1.29, 1.82) is 0 Å². The minimum Gasteiger partial charge on any atom is -0.348 e. The summed E-state index contributed by atoms with van der Waals surface area (Å²) in [6, 6.07) is 15.4. The third-order valence-corrected chi connectivity index (χ3v) is 4.38. The van der Waals surface area contributed by atoms with Gasteiger partial charge < -0.3 is 5.32 Å². The Morgan fingerprint density at radius 2 is 1.76 bits per heavy atom. The Kier molecular flexibility index (Phi) is 4.72. The van der Waals surface area contributed by atoms with Gasteiger partial charge in [-0.3, -0.25) is 4.79 Å². The SMILES string of the molecule is CNS(=O)(=O)c1cccc(C(=O)NCc2ccccc2)c1. The summed E-state index contributed by atoms with van der Waals surface area (Å²) in [4.78, 5) is 12.1. The molecule has 0 bridgehead atoms. The number of carbonyl (C=O) groups is 1. The van der Waals surface area contributed by atoms with Crippen molar-refractivity contribution in [2.24, 2.45) is 0 Å². The average molecular weight is 304 g/mol. The van der Waals surface area contributed by atoms with Gasteiger partial charge in [0.25, 0.3) is 5.91 Å². The molecule has 6 heteroatoms. The molecule has 2 N–H and O–H groups in total. The quantitative estimate of drug-likeness (QED) is 0.879. The Morgan fingerprint density at radius 3 is 2.43 bits per heavy atom. The standard InChI is InChI=1S/C15H16N2O3S/c1-16-21(19,20)14-9-5-8-13(10-14)15(18)17-11-12-6-3-2-4-7-12/h2-10,16H,11H2,1H3,(H,17,18). The minimum atomic E-state index is -3.55. The second-order valence-electron chi connectivity index (χ2n) is 4.40. The minimum absolute atomic E-state index is 0.0670. The van der Waals surface area contributed by atoms with Crippen molar-refractivity contribution < 1.29 is 13.2 Å². The molecule has 5 nitrogen and oxygen atoms in total. The molecule has 0 spiro atoms. The highest BCUT2D eigenvalue weighted by Gasteiger charge is 2.14. The lowest BCUT2D eigenvalue weighted by Crippen LogP contribution is -2.24. The Morgan fingerprint density at radius 1 is 1.05 bits per heavy atom. The van der Waals surface area contributed by atoms with Gasteiger partial charge in [0, 0.05) is 12.1 Å². The predicted molar refractivity (Wildman–Crippen MR) is 80.3 cm³/mol. The van der Waals surface area contributed by atoms with Crippen molar-refractivity contribution in [2.75, 3.05) is 7.05 Å². The summed E-state index contributed by atoms with van der Waals surface area (Å²) >= 11 is 0. The number of amides is 1. The van der Waals surface area contributed by atoms with E-state index in [1.54, 1.807) is 12.1 Å². The van der Waals surface area contributed by atoms with Gasteiger partial charge in [-0.15, -0.1) is 0 Å². The highest BCUT2D eigenvalue weighted by atomic mass is 32.2. The molecule has 0 radical (unpaired) electrons. The van der Waals surface area contributed by atoms with Crippen LogP contribution in [-0.4, -0.2) is 21.4 Å². The van der Waals surface area contributed by atoms with Gasteiger partial charge in [0.15, 0.2) is 0 Å². The summed E-state index contributed by atoms with van der Waals surface area (Å²) in [5, 5.41) is 2.76. The van der Waals surface area contributed by atoms with E-state index in [1.165, 1.54) is 19.2 Å². The maximum Gasteiger partial charge on any atom is 0.251 e. The fourth-order valence-corrected chi connectivity index (χ4v) is 2.58. The molecule has 0 saturated carbocycles. The maximum absolute atomic E-state index is 12.1. The van der Waals surface area contributed by atoms with Crippen molar-refractivity contribution in [2.45, 2.75) is 11.4 Å². The molecule has 0 aliphatic rings. The third-order valence-electron chi connectivity index (χ3n) is 2.97. The van der Waals surface area contributed by atoms with Gasteiger partial charge in [-0.25, -0.2) is 13.1 Å². The number of nitrogens with one attached hydrogen (secondary N) is 2. The van der Waals surface area contributed by atoms with Gasteiger partial charge in [0.05, 0.1) is 4.90 Å². The molecular weight excluding hydrogens is 288 g/mol. The summed E-state index contributed by atoms with van der Waals surface area (Å²) in [6.45, 7) is 0.392. The lowest BCUT2D eigenvalue weighted by molar-refractivity contribution is 0.0950. The van der Waals surface area contributed by atoms with E-state index >= 15 is 0 Å². The summed E-state index contributed by atoms with van der Waals surface area (Å²) in [7, 11) is -2.22. The molecule has 2 rings (SSSR count). The number of sulfonamides is 1. The van der Waals surface area contributed by atoms with Gasteiger partial charge in [-0.05, 0) is 30.8 Å². The van der Waals surface area contributed by atoms with Crippen LogP contribution in [0.15, 0.2) is 59.5 Å².